The molecule has 1 aliphatic heterocycles. The summed E-state index contributed by atoms with van der Waals surface area (Å²) in [6.45, 7) is 1.90. The third kappa shape index (κ3) is 2.33. The van der Waals surface area contributed by atoms with Crippen LogP contribution >= 0.6 is 23.2 Å². The van der Waals surface area contributed by atoms with Crippen LogP contribution < -0.4 is 10.6 Å². The highest BCUT2D eigenvalue weighted by Gasteiger charge is 2.56. The number of carbonyl (C=O) groups is 1. The van der Waals surface area contributed by atoms with Crippen molar-refractivity contribution in [2.24, 2.45) is 5.92 Å². The lowest BCUT2D eigenvalue weighted by atomic mass is 10.1. The van der Waals surface area contributed by atoms with Gasteiger partial charge in [0.2, 0.25) is 5.91 Å². The number of nitrogens with one attached hydrogen (secondary N) is 2. The molecule has 0 radical (unpaired) electrons. The maximum absolute atomic E-state index is 11.6. The van der Waals surface area contributed by atoms with Crippen LogP contribution in [0.15, 0.2) is 0 Å². The number of halogens is 2. The Kier molecular flexibility index (Phi) is 2.91. The summed E-state index contributed by atoms with van der Waals surface area (Å²) < 4.78 is -0.799. The molecular weight excluding hydrogens is 223 g/mol. The zero-order valence-electron chi connectivity index (χ0n) is 7.85. The molecule has 2 rings (SSSR count). The third-order valence-corrected chi connectivity index (χ3v) is 3.62. The van der Waals surface area contributed by atoms with Gasteiger partial charge >= 0.3 is 0 Å². The number of alkyl halides is 2. The number of carbonyl (C=O) groups excluding carboxylic acids is 1. The molecule has 2 aliphatic rings. The Bertz CT molecular complexity index is 239. The Morgan fingerprint density at radius 2 is 2.21 bits per heavy atom. The Morgan fingerprint density at radius 1 is 1.50 bits per heavy atom. The highest BCUT2D eigenvalue weighted by molar-refractivity contribution is 6.52. The van der Waals surface area contributed by atoms with Crippen LogP contribution in [0.3, 0.4) is 0 Å². The molecule has 1 amide bonds. The molecule has 1 heterocycles. The molecule has 2 fully saturated rings. The van der Waals surface area contributed by atoms with E-state index in [0.717, 1.165) is 25.9 Å². The summed E-state index contributed by atoms with van der Waals surface area (Å²) in [5.41, 5.74) is 0. The van der Waals surface area contributed by atoms with E-state index in [1.165, 1.54) is 0 Å². The highest BCUT2D eigenvalue weighted by atomic mass is 35.5. The van der Waals surface area contributed by atoms with Gasteiger partial charge in [0.05, 0.1) is 5.92 Å². The highest BCUT2D eigenvalue weighted by Crippen LogP contribution is 2.53. The van der Waals surface area contributed by atoms with E-state index in [0.29, 0.717) is 6.42 Å². The van der Waals surface area contributed by atoms with Gasteiger partial charge in [-0.2, -0.15) is 0 Å². The van der Waals surface area contributed by atoms with E-state index < -0.39 is 4.33 Å². The summed E-state index contributed by atoms with van der Waals surface area (Å²) >= 11 is 11.6. The van der Waals surface area contributed by atoms with Gasteiger partial charge < -0.3 is 10.6 Å². The molecule has 3 nitrogen and oxygen atoms in total. The summed E-state index contributed by atoms with van der Waals surface area (Å²) in [6.07, 6.45) is 2.74. The monoisotopic (exact) mass is 236 g/mol. The lowest BCUT2D eigenvalue weighted by Crippen LogP contribution is -2.46. The second-order valence-corrected chi connectivity index (χ2v) is 5.61. The first-order chi connectivity index (χ1) is 6.59. The fourth-order valence-corrected chi connectivity index (χ4v) is 2.28. The second-order valence-electron chi connectivity index (χ2n) is 4.07. The van der Waals surface area contributed by atoms with Crippen LogP contribution in [0.4, 0.5) is 0 Å². The smallest absolute Gasteiger partial charge is 0.226 e. The number of hydrogen-bond donors (Lipinski definition) is 2. The van der Waals surface area contributed by atoms with Gasteiger partial charge in [-0.15, -0.1) is 23.2 Å². The van der Waals surface area contributed by atoms with Gasteiger partial charge in [0.25, 0.3) is 0 Å². The molecule has 0 spiro atoms. The Labute approximate surface area is 93.5 Å². The van der Waals surface area contributed by atoms with Gasteiger partial charge in [-0.3, -0.25) is 4.79 Å². The first-order valence-corrected chi connectivity index (χ1v) is 5.74. The minimum Gasteiger partial charge on any atom is -0.352 e. The van der Waals surface area contributed by atoms with Crippen molar-refractivity contribution in [2.45, 2.75) is 29.6 Å². The van der Waals surface area contributed by atoms with Crippen LogP contribution in [0.1, 0.15) is 19.3 Å². The fourth-order valence-electron chi connectivity index (χ4n) is 1.77. The first-order valence-electron chi connectivity index (χ1n) is 4.98. The third-order valence-electron chi connectivity index (χ3n) is 2.79. The van der Waals surface area contributed by atoms with E-state index in [9.17, 15) is 4.79 Å². The Balaban J connectivity index is 1.77. The molecule has 80 valence electrons. The Hall–Kier alpha value is 0.01000. The molecule has 14 heavy (non-hydrogen) atoms. The summed E-state index contributed by atoms with van der Waals surface area (Å²) in [5.74, 6) is -0.198. The molecule has 0 aromatic rings. The SMILES string of the molecule is O=C(N[C@H]1CCCNC1)C1CC1(Cl)Cl. The first kappa shape index (κ1) is 10.5. The van der Waals surface area contributed by atoms with Crippen molar-refractivity contribution in [1.29, 1.82) is 0 Å². The van der Waals surface area contributed by atoms with Gasteiger partial charge in [-0.25, -0.2) is 0 Å². The van der Waals surface area contributed by atoms with E-state index in [-0.39, 0.29) is 17.9 Å². The van der Waals surface area contributed by atoms with Gasteiger partial charge in [-0.05, 0) is 25.8 Å². The van der Waals surface area contributed by atoms with Crippen molar-refractivity contribution in [1.82, 2.24) is 10.6 Å². The molecular formula is C9H14Cl2N2O. The van der Waals surface area contributed by atoms with Crippen LogP contribution in [-0.4, -0.2) is 29.4 Å². The molecule has 1 unspecified atom stereocenters. The van der Waals surface area contributed by atoms with Crippen molar-refractivity contribution in [3.63, 3.8) is 0 Å². The zero-order chi connectivity index (χ0) is 10.2. The standard InChI is InChI=1S/C9H14Cl2N2O/c10-9(11)4-7(9)8(14)13-6-2-1-3-12-5-6/h6-7,12H,1-5H2,(H,13,14)/t6-,7?/m0/s1. The number of amides is 1. The van der Waals surface area contributed by atoms with E-state index in [1.807, 2.05) is 0 Å². The number of hydrogen-bond acceptors (Lipinski definition) is 2. The van der Waals surface area contributed by atoms with Crippen molar-refractivity contribution < 1.29 is 4.79 Å². The molecule has 2 N–H and O–H groups in total. The van der Waals surface area contributed by atoms with Crippen molar-refractivity contribution >= 4 is 29.1 Å². The molecule has 1 aliphatic carbocycles. The minimum atomic E-state index is -0.799. The van der Waals surface area contributed by atoms with Crippen molar-refractivity contribution in [3.05, 3.63) is 0 Å². The second kappa shape index (κ2) is 3.87. The predicted molar refractivity (Wildman–Crippen MR) is 56.6 cm³/mol. The Morgan fingerprint density at radius 3 is 2.71 bits per heavy atom. The van der Waals surface area contributed by atoms with Crippen LogP contribution in [0.2, 0.25) is 0 Å². The summed E-state index contributed by atoms with van der Waals surface area (Å²) in [6, 6.07) is 0.251. The molecule has 0 aromatic carbocycles. The molecule has 2 atom stereocenters. The van der Waals surface area contributed by atoms with Crippen LogP contribution in [-0.2, 0) is 4.79 Å². The van der Waals surface area contributed by atoms with Crippen LogP contribution in [0, 0.1) is 5.92 Å². The van der Waals surface area contributed by atoms with Gasteiger partial charge in [0.15, 0.2) is 0 Å². The number of piperidine rings is 1. The lowest BCUT2D eigenvalue weighted by molar-refractivity contribution is -0.123. The number of rotatable bonds is 2. The van der Waals surface area contributed by atoms with Crippen molar-refractivity contribution in [2.75, 3.05) is 13.1 Å². The van der Waals surface area contributed by atoms with Gasteiger partial charge in [-0.1, -0.05) is 0 Å². The largest absolute Gasteiger partial charge is 0.352 e. The molecule has 5 heteroatoms. The average Bonchev–Trinajstić information content (AvgIpc) is 2.77. The summed E-state index contributed by atoms with van der Waals surface area (Å²) in [7, 11) is 0. The molecule has 1 saturated carbocycles. The maximum Gasteiger partial charge on any atom is 0.226 e. The average molecular weight is 237 g/mol. The summed E-state index contributed by atoms with van der Waals surface area (Å²) in [5, 5.41) is 6.21. The van der Waals surface area contributed by atoms with E-state index in [1.54, 1.807) is 0 Å². The quantitative estimate of drug-likeness (QED) is 0.705. The molecule has 1 saturated heterocycles. The van der Waals surface area contributed by atoms with Crippen molar-refractivity contribution in [3.8, 4) is 0 Å². The fraction of sp³-hybridized carbons (Fsp3) is 0.889. The van der Waals surface area contributed by atoms with Crippen LogP contribution in [0.5, 0.6) is 0 Å². The van der Waals surface area contributed by atoms with Gasteiger partial charge in [0, 0.05) is 12.6 Å². The van der Waals surface area contributed by atoms with E-state index >= 15 is 0 Å². The summed E-state index contributed by atoms with van der Waals surface area (Å²) in [4.78, 5) is 11.6. The molecule has 0 bridgehead atoms. The minimum absolute atomic E-state index is 0.00343. The zero-order valence-corrected chi connectivity index (χ0v) is 9.37. The lowest BCUT2D eigenvalue weighted by Gasteiger charge is -2.23. The van der Waals surface area contributed by atoms with Crippen LogP contribution in [0.25, 0.3) is 0 Å². The maximum atomic E-state index is 11.6. The van der Waals surface area contributed by atoms with E-state index in [2.05, 4.69) is 10.6 Å². The van der Waals surface area contributed by atoms with Gasteiger partial charge in [0.1, 0.15) is 4.33 Å². The normalized spacial score (nSPS) is 35.0. The topological polar surface area (TPSA) is 41.1 Å². The van der Waals surface area contributed by atoms with E-state index in [4.69, 9.17) is 23.2 Å². The predicted octanol–water partition coefficient (Wildman–Crippen LogP) is 1.05. The molecule has 0 aromatic heterocycles.